The van der Waals surface area contributed by atoms with Crippen molar-refractivity contribution in [1.29, 1.82) is 0 Å². The zero-order valence-corrected chi connectivity index (χ0v) is 20.3. The lowest BCUT2D eigenvalue weighted by molar-refractivity contribution is 0.0698. The van der Waals surface area contributed by atoms with Crippen LogP contribution in [0.2, 0.25) is 0 Å². The summed E-state index contributed by atoms with van der Waals surface area (Å²) < 4.78 is 6.56. The van der Waals surface area contributed by atoms with Crippen LogP contribution in [0.3, 0.4) is 0 Å². The molecule has 32 heavy (non-hydrogen) atoms. The molecule has 1 N–H and O–H groups in total. The average Bonchev–Trinajstić information content (AvgIpc) is 2.77. The van der Waals surface area contributed by atoms with Crippen LogP contribution < -0.4 is 10.2 Å². The summed E-state index contributed by atoms with van der Waals surface area (Å²) in [6, 6.07) is 11.4. The van der Waals surface area contributed by atoms with E-state index in [1.807, 2.05) is 38.2 Å². The molecule has 5 heteroatoms. The van der Waals surface area contributed by atoms with Crippen molar-refractivity contribution in [2.75, 3.05) is 0 Å². The van der Waals surface area contributed by atoms with Gasteiger partial charge in [0.25, 0.3) is 0 Å². The summed E-state index contributed by atoms with van der Waals surface area (Å²) >= 11 is 0. The van der Waals surface area contributed by atoms with Crippen LogP contribution in [0, 0.1) is 6.92 Å². The average molecular weight is 443 g/mol. The van der Waals surface area contributed by atoms with Gasteiger partial charge in [0.1, 0.15) is 11.5 Å². The molecule has 0 spiro atoms. The van der Waals surface area contributed by atoms with Gasteiger partial charge in [-0.1, -0.05) is 55.7 Å². The molecule has 1 radical (unpaired) electrons. The monoisotopic (exact) mass is 443 g/mol. The lowest BCUT2D eigenvalue weighted by Crippen LogP contribution is -2.27. The number of allylic oxidation sites excluding steroid dienone is 5. The molecule has 1 unspecified atom stereocenters. The van der Waals surface area contributed by atoms with E-state index >= 15 is 0 Å². The highest BCUT2D eigenvalue weighted by Gasteiger charge is 2.28. The molecule has 3 rings (SSSR count). The van der Waals surface area contributed by atoms with Crippen LogP contribution in [0.4, 0.5) is 0 Å². The Balaban J connectivity index is 2.15. The van der Waals surface area contributed by atoms with Crippen molar-refractivity contribution in [3.8, 4) is 5.75 Å². The van der Waals surface area contributed by atoms with Crippen LogP contribution in [0.1, 0.15) is 67.0 Å². The van der Waals surface area contributed by atoms with Gasteiger partial charge in [-0.15, -0.1) is 8.86 Å². The number of carboxylic acid groups (broad SMARTS) is 1. The lowest BCUT2D eigenvalue weighted by Gasteiger charge is -2.29. The summed E-state index contributed by atoms with van der Waals surface area (Å²) in [6.45, 7) is 10.4. The zero-order valence-electron chi connectivity index (χ0n) is 19.3. The van der Waals surface area contributed by atoms with E-state index in [-0.39, 0.29) is 5.82 Å². The van der Waals surface area contributed by atoms with E-state index in [4.69, 9.17) is 4.74 Å². The smallest absolute Gasteiger partial charge is 0.335 e. The Morgan fingerprint density at radius 1 is 1.25 bits per heavy atom. The highest BCUT2D eigenvalue weighted by atomic mass is 31.0. The predicted octanol–water partition coefficient (Wildman–Crippen LogP) is 6.14. The second kappa shape index (κ2) is 10.2. The fourth-order valence-electron chi connectivity index (χ4n) is 4.18. The summed E-state index contributed by atoms with van der Waals surface area (Å²) in [4.78, 5) is 11.7. The lowest BCUT2D eigenvalue weighted by atomic mass is 9.56. The van der Waals surface area contributed by atoms with Crippen LogP contribution in [0.5, 0.6) is 5.75 Å². The summed E-state index contributed by atoms with van der Waals surface area (Å²) in [5, 5.41) is 9.59. The molecular formula is C27H29BO3P. The number of hydrogen-bond acceptors (Lipinski definition) is 2. The van der Waals surface area contributed by atoms with Gasteiger partial charge in [0.2, 0.25) is 0 Å². The number of benzene rings is 2. The van der Waals surface area contributed by atoms with Gasteiger partial charge in [0.15, 0.2) is 7.28 Å². The van der Waals surface area contributed by atoms with Gasteiger partial charge < -0.3 is 9.84 Å². The normalized spacial score (nSPS) is 15.8. The first kappa shape index (κ1) is 23.8. The van der Waals surface area contributed by atoms with Crippen LogP contribution in [-0.4, -0.2) is 24.2 Å². The minimum absolute atomic E-state index is 0.0479. The Morgan fingerprint density at radius 2 is 1.97 bits per heavy atom. The first-order chi connectivity index (χ1) is 15.3. The molecule has 1 aliphatic heterocycles. The Morgan fingerprint density at radius 3 is 2.59 bits per heavy atom. The van der Waals surface area contributed by atoms with E-state index < -0.39 is 5.97 Å². The first-order valence-corrected chi connectivity index (χ1v) is 11.5. The third kappa shape index (κ3) is 4.66. The van der Waals surface area contributed by atoms with Crippen molar-refractivity contribution in [3.05, 3.63) is 87.7 Å². The Kier molecular flexibility index (Phi) is 7.58. The topological polar surface area (TPSA) is 46.5 Å². The third-order valence-corrected chi connectivity index (χ3v) is 6.06. The minimum Gasteiger partial charge on any atom is -0.478 e. The molecule has 0 aliphatic carbocycles. The van der Waals surface area contributed by atoms with E-state index in [9.17, 15) is 9.90 Å². The van der Waals surface area contributed by atoms with Gasteiger partial charge >= 0.3 is 5.97 Å². The van der Waals surface area contributed by atoms with Gasteiger partial charge in [-0.2, -0.15) is 0 Å². The predicted molar refractivity (Wildman–Crippen MR) is 138 cm³/mol. The number of carbonyl (C=O) groups is 1. The second-order valence-corrected chi connectivity index (χ2v) is 8.34. The van der Waals surface area contributed by atoms with Gasteiger partial charge in [0, 0.05) is 11.1 Å². The molecular weight excluding hydrogens is 414 g/mol. The van der Waals surface area contributed by atoms with E-state index in [0.717, 1.165) is 45.8 Å². The van der Waals surface area contributed by atoms with E-state index in [1.54, 1.807) is 12.1 Å². The van der Waals surface area contributed by atoms with Gasteiger partial charge in [-0.05, 0) is 73.2 Å². The molecule has 0 amide bonds. The van der Waals surface area contributed by atoms with Crippen molar-refractivity contribution in [3.63, 3.8) is 0 Å². The minimum atomic E-state index is -0.925. The van der Waals surface area contributed by atoms with Crippen molar-refractivity contribution in [1.82, 2.24) is 0 Å². The molecule has 2 aromatic rings. The highest BCUT2D eigenvalue weighted by Crippen LogP contribution is 2.44. The maximum absolute atomic E-state index is 11.7. The fraction of sp³-hybridized carbons (Fsp3) is 0.259. The van der Waals surface area contributed by atoms with E-state index in [2.05, 4.69) is 54.8 Å². The van der Waals surface area contributed by atoms with Crippen LogP contribution in [-0.2, 0) is 0 Å². The quantitative estimate of drug-likeness (QED) is 0.413. The summed E-state index contributed by atoms with van der Waals surface area (Å²) in [7, 11) is 5.53. The third-order valence-electron chi connectivity index (χ3n) is 5.75. The summed E-state index contributed by atoms with van der Waals surface area (Å²) in [5.74, 6) is 2.57. The second-order valence-electron chi connectivity index (χ2n) is 8.05. The van der Waals surface area contributed by atoms with Crippen molar-refractivity contribution in [2.24, 2.45) is 0 Å². The Bertz CT molecular complexity index is 1160. The fourth-order valence-corrected chi connectivity index (χ4v) is 4.47. The molecule has 163 valence electrons. The molecule has 2 aromatic carbocycles. The van der Waals surface area contributed by atoms with Crippen molar-refractivity contribution in [2.45, 2.75) is 46.9 Å². The zero-order chi connectivity index (χ0) is 23.4. The Hall–Kier alpha value is -2.84. The molecule has 1 atom stereocenters. The Labute approximate surface area is 194 Å². The molecule has 1 heterocycles. The maximum atomic E-state index is 11.7. The molecule has 0 saturated heterocycles. The summed E-state index contributed by atoms with van der Waals surface area (Å²) in [5.41, 5.74) is 7.53. The number of fused-ring (bicyclic) bond motifs is 1. The maximum Gasteiger partial charge on any atom is 0.335 e. The molecule has 0 aromatic heterocycles. The number of rotatable bonds is 7. The van der Waals surface area contributed by atoms with E-state index in [0.29, 0.717) is 11.0 Å². The molecule has 0 bridgehead atoms. The van der Waals surface area contributed by atoms with E-state index in [1.165, 1.54) is 5.57 Å². The van der Waals surface area contributed by atoms with Crippen LogP contribution >= 0.6 is 8.86 Å². The largest absolute Gasteiger partial charge is 0.478 e. The van der Waals surface area contributed by atoms with Crippen LogP contribution in [0.25, 0.3) is 5.57 Å². The van der Waals surface area contributed by atoms with Gasteiger partial charge in [0.05, 0.1) is 5.56 Å². The van der Waals surface area contributed by atoms with Gasteiger partial charge in [-0.25, -0.2) is 4.79 Å². The number of aromatic carboxylic acids is 1. The molecule has 3 nitrogen and oxygen atoms in total. The molecule has 0 fully saturated rings. The number of hydrogen-bond donors (Lipinski definition) is 1. The van der Waals surface area contributed by atoms with Crippen LogP contribution in [0.15, 0.2) is 65.5 Å². The van der Waals surface area contributed by atoms with Crippen molar-refractivity contribution >= 4 is 38.9 Å². The number of aryl methyl sites for hydroxylation is 1. The molecule has 1 aliphatic rings. The number of carboxylic acids is 1. The molecule has 0 saturated carbocycles. The van der Waals surface area contributed by atoms with Crippen molar-refractivity contribution < 1.29 is 14.6 Å². The summed E-state index contributed by atoms with van der Waals surface area (Å²) in [6.07, 6.45) is 5.18. The first-order valence-electron chi connectivity index (χ1n) is 10.9. The number of ether oxygens (including phenoxy) is 1. The SMILES string of the molecule is C/C=C(\C=P)C1=C(C)/C(=C/CC)c2cc(C)cc(C(C)[B]c3ccccc3C(=O)O)c2O1. The highest BCUT2D eigenvalue weighted by molar-refractivity contribution is 7.19. The van der Waals surface area contributed by atoms with Gasteiger partial charge in [-0.3, -0.25) is 0 Å². The standard InChI is InChI=1S/C27H29BO3P/c1-6-10-20-17(4)25(19(7-2)15-32)31-26-22(13-16(3)14-23(20)26)18(5)28-24-12-9-8-11-21(24)27(29)30/h7-15,18,32H,6H2,1-5H3,(H,29,30)/b19-7+,20-10-.